The minimum Gasteiger partial charge on any atom is -0.436 e. The fraction of sp³-hybridized carbons (Fsp3) is 0.241. The number of likely N-dealkylation sites (tertiary alicyclic amines) is 1. The molecule has 3 heterocycles. The molecule has 1 fully saturated rings. The van der Waals surface area contributed by atoms with E-state index in [9.17, 15) is 9.90 Å². The minimum absolute atomic E-state index is 0.288. The van der Waals surface area contributed by atoms with Crippen LogP contribution in [0.1, 0.15) is 33.8 Å². The Morgan fingerprint density at radius 1 is 0.946 bits per heavy atom. The van der Waals surface area contributed by atoms with Crippen molar-refractivity contribution in [1.82, 2.24) is 20.1 Å². The lowest BCUT2D eigenvalue weighted by Crippen LogP contribution is -2.21. The average molecular weight is 495 g/mol. The van der Waals surface area contributed by atoms with Gasteiger partial charge in [0.05, 0.1) is 12.6 Å². The van der Waals surface area contributed by atoms with Crippen LogP contribution in [0.2, 0.25) is 0 Å². The van der Waals surface area contributed by atoms with E-state index in [1.165, 1.54) is 0 Å². The van der Waals surface area contributed by atoms with Crippen molar-refractivity contribution >= 4 is 17.4 Å². The third-order valence-corrected chi connectivity index (χ3v) is 7.04. The first-order chi connectivity index (χ1) is 18.0. The van der Waals surface area contributed by atoms with E-state index in [1.807, 2.05) is 24.3 Å². The normalized spacial score (nSPS) is 16.0. The maximum atomic E-state index is 11.2. The molecule has 2 aromatic heterocycles. The highest BCUT2D eigenvalue weighted by atomic mass is 16.4. The molecule has 1 N–H and O–H groups in total. The molecule has 8 nitrogen and oxygen atoms in total. The van der Waals surface area contributed by atoms with E-state index in [4.69, 9.17) is 8.83 Å². The molecule has 8 heteroatoms. The van der Waals surface area contributed by atoms with Crippen LogP contribution in [0.15, 0.2) is 63.4 Å². The Kier molecular flexibility index (Phi) is 5.90. The SMILES string of the molecule is Cc1c(-c2nnc(CN3CC[C@@H](O)C3)o2)cccc1-c1cccc(-c2nc3cc(C=O)ccc3o2)c1C. The van der Waals surface area contributed by atoms with Crippen molar-refractivity contribution in [1.29, 1.82) is 0 Å². The average Bonchev–Trinajstić information content (AvgIpc) is 3.64. The topological polar surface area (TPSA) is 105 Å². The highest BCUT2D eigenvalue weighted by molar-refractivity contribution is 5.86. The molecule has 0 spiro atoms. The molecule has 186 valence electrons. The van der Waals surface area contributed by atoms with Gasteiger partial charge in [0.1, 0.15) is 11.8 Å². The molecule has 0 aliphatic carbocycles. The molecule has 6 rings (SSSR count). The standard InChI is InChI=1S/C29H26N4O4/c1-17-21(5-3-7-23(17)28-30-25-13-19(16-34)9-10-26(25)36-28)22-6-4-8-24(18(22)2)29-32-31-27(37-29)15-33-12-11-20(35)14-33/h3-10,13,16,20,35H,11-12,14-15H2,1-2H3/t20-/m1/s1. The van der Waals surface area contributed by atoms with Crippen LogP contribution in [-0.4, -0.2) is 50.7 Å². The number of β-amino-alcohol motifs (C(OH)–C–C–N with tert-alkyl or cyclic N) is 1. The number of aliphatic hydroxyl groups is 1. The summed E-state index contributed by atoms with van der Waals surface area (Å²) in [4.78, 5) is 17.9. The third kappa shape index (κ3) is 4.34. The molecular weight excluding hydrogens is 468 g/mol. The predicted octanol–water partition coefficient (Wildman–Crippen LogP) is 5.21. The first-order valence-electron chi connectivity index (χ1n) is 12.3. The van der Waals surface area contributed by atoms with Crippen LogP contribution < -0.4 is 0 Å². The first kappa shape index (κ1) is 23.3. The van der Waals surface area contributed by atoms with Crippen LogP contribution in [0.25, 0.3) is 45.1 Å². The van der Waals surface area contributed by atoms with Gasteiger partial charge in [0.15, 0.2) is 5.58 Å². The summed E-state index contributed by atoms with van der Waals surface area (Å²) in [6.07, 6.45) is 1.28. The van der Waals surface area contributed by atoms with Gasteiger partial charge in [-0.05, 0) is 72.9 Å². The van der Waals surface area contributed by atoms with E-state index < -0.39 is 0 Å². The Bertz CT molecular complexity index is 1620. The Morgan fingerprint density at radius 2 is 1.65 bits per heavy atom. The van der Waals surface area contributed by atoms with Gasteiger partial charge in [0.25, 0.3) is 0 Å². The maximum absolute atomic E-state index is 11.2. The number of rotatable bonds is 6. The molecule has 37 heavy (non-hydrogen) atoms. The zero-order chi connectivity index (χ0) is 25.5. The smallest absolute Gasteiger partial charge is 0.248 e. The lowest BCUT2D eigenvalue weighted by Gasteiger charge is -2.14. The molecule has 0 bridgehead atoms. The number of fused-ring (bicyclic) bond motifs is 1. The van der Waals surface area contributed by atoms with Crippen molar-refractivity contribution in [2.24, 2.45) is 0 Å². The molecule has 5 aromatic rings. The number of aromatic nitrogens is 3. The van der Waals surface area contributed by atoms with Gasteiger partial charge >= 0.3 is 0 Å². The second kappa shape index (κ2) is 9.38. The molecule has 0 unspecified atom stereocenters. The number of oxazole rings is 1. The van der Waals surface area contributed by atoms with Crippen molar-refractivity contribution in [2.75, 3.05) is 13.1 Å². The molecule has 0 radical (unpaired) electrons. The first-order valence-corrected chi connectivity index (χ1v) is 12.3. The largest absolute Gasteiger partial charge is 0.436 e. The van der Waals surface area contributed by atoms with Crippen molar-refractivity contribution in [3.63, 3.8) is 0 Å². The van der Waals surface area contributed by atoms with Crippen LogP contribution >= 0.6 is 0 Å². The van der Waals surface area contributed by atoms with Gasteiger partial charge in [0.2, 0.25) is 17.7 Å². The number of carbonyl (C=O) groups excluding carboxylic acids is 1. The van der Waals surface area contributed by atoms with E-state index in [0.717, 1.165) is 52.6 Å². The van der Waals surface area contributed by atoms with Gasteiger partial charge in [0, 0.05) is 29.8 Å². The van der Waals surface area contributed by atoms with Crippen molar-refractivity contribution in [2.45, 2.75) is 32.9 Å². The molecule has 0 amide bonds. The van der Waals surface area contributed by atoms with Gasteiger partial charge < -0.3 is 13.9 Å². The van der Waals surface area contributed by atoms with E-state index in [0.29, 0.717) is 47.4 Å². The molecule has 1 atom stereocenters. The lowest BCUT2D eigenvalue weighted by molar-refractivity contribution is 0.112. The monoisotopic (exact) mass is 494 g/mol. The van der Waals surface area contributed by atoms with Gasteiger partial charge in [-0.25, -0.2) is 4.98 Å². The number of aldehydes is 1. The number of carbonyl (C=O) groups is 1. The van der Waals surface area contributed by atoms with Crippen LogP contribution in [0.5, 0.6) is 0 Å². The fourth-order valence-corrected chi connectivity index (χ4v) is 5.02. The van der Waals surface area contributed by atoms with Gasteiger partial charge in [-0.15, -0.1) is 10.2 Å². The van der Waals surface area contributed by atoms with Gasteiger partial charge in [-0.2, -0.15) is 0 Å². The summed E-state index contributed by atoms with van der Waals surface area (Å²) < 4.78 is 12.1. The molecule has 3 aromatic carbocycles. The van der Waals surface area contributed by atoms with E-state index >= 15 is 0 Å². The van der Waals surface area contributed by atoms with Crippen LogP contribution in [0.3, 0.4) is 0 Å². The number of hydrogen-bond acceptors (Lipinski definition) is 8. The molecule has 1 aliphatic rings. The molecule has 0 saturated carbocycles. The van der Waals surface area contributed by atoms with Crippen molar-refractivity contribution in [3.8, 4) is 34.0 Å². The quantitative estimate of drug-likeness (QED) is 0.321. The number of benzene rings is 3. The highest BCUT2D eigenvalue weighted by Crippen LogP contribution is 2.37. The van der Waals surface area contributed by atoms with E-state index in [2.05, 4.69) is 46.1 Å². The van der Waals surface area contributed by atoms with Crippen LogP contribution in [0.4, 0.5) is 0 Å². The van der Waals surface area contributed by atoms with E-state index in [-0.39, 0.29) is 6.10 Å². The molecule has 1 aliphatic heterocycles. The Balaban J connectivity index is 1.34. The Hall–Kier alpha value is -4.14. The highest BCUT2D eigenvalue weighted by Gasteiger charge is 2.23. The summed E-state index contributed by atoms with van der Waals surface area (Å²) in [5.41, 5.74) is 7.79. The summed E-state index contributed by atoms with van der Waals surface area (Å²) in [6.45, 7) is 6.08. The van der Waals surface area contributed by atoms with Gasteiger partial charge in [-0.3, -0.25) is 9.69 Å². The Morgan fingerprint density at radius 3 is 2.32 bits per heavy atom. The van der Waals surface area contributed by atoms with Gasteiger partial charge in [-0.1, -0.05) is 24.3 Å². The molecule has 1 saturated heterocycles. The predicted molar refractivity (Wildman–Crippen MR) is 139 cm³/mol. The van der Waals surface area contributed by atoms with Crippen LogP contribution in [-0.2, 0) is 6.54 Å². The number of hydrogen-bond donors (Lipinski definition) is 1. The molecular formula is C29H26N4O4. The van der Waals surface area contributed by atoms with Crippen molar-refractivity contribution in [3.05, 3.63) is 77.2 Å². The fourth-order valence-electron chi connectivity index (χ4n) is 5.02. The van der Waals surface area contributed by atoms with Crippen molar-refractivity contribution < 1.29 is 18.7 Å². The Labute approximate surface area is 213 Å². The van der Waals surface area contributed by atoms with E-state index in [1.54, 1.807) is 18.2 Å². The summed E-state index contributed by atoms with van der Waals surface area (Å²) in [5.74, 6) is 1.54. The second-order valence-electron chi connectivity index (χ2n) is 9.50. The number of aliphatic hydroxyl groups excluding tert-OH is 1. The number of nitrogens with zero attached hydrogens (tertiary/aromatic N) is 4. The summed E-state index contributed by atoms with van der Waals surface area (Å²) in [5, 5.41) is 18.3. The summed E-state index contributed by atoms with van der Waals surface area (Å²) >= 11 is 0. The minimum atomic E-state index is -0.288. The third-order valence-electron chi connectivity index (χ3n) is 7.04. The lowest BCUT2D eigenvalue weighted by atomic mass is 9.91. The summed E-state index contributed by atoms with van der Waals surface area (Å²) in [7, 11) is 0. The maximum Gasteiger partial charge on any atom is 0.248 e. The summed E-state index contributed by atoms with van der Waals surface area (Å²) in [6, 6.07) is 17.3. The zero-order valence-corrected chi connectivity index (χ0v) is 20.6. The zero-order valence-electron chi connectivity index (χ0n) is 20.6. The second-order valence-corrected chi connectivity index (χ2v) is 9.50. The van der Waals surface area contributed by atoms with Crippen LogP contribution in [0, 0.1) is 13.8 Å².